The number of aryl methyl sites for hydroxylation is 1. The van der Waals surface area contributed by atoms with Gasteiger partial charge < -0.3 is 26.5 Å². The van der Waals surface area contributed by atoms with Gasteiger partial charge in [-0.3, -0.25) is 9.36 Å². The zero-order valence-corrected chi connectivity index (χ0v) is 22.4. The van der Waals surface area contributed by atoms with Crippen LogP contribution in [0.5, 0.6) is 0 Å². The Balaban J connectivity index is 0.00000156. The molecule has 1 aromatic carbocycles. The van der Waals surface area contributed by atoms with Crippen molar-refractivity contribution < 1.29 is 47.4 Å². The number of nitrogens with zero attached hydrogens (tertiary/aromatic N) is 3. The Labute approximate surface area is 222 Å². The molecule has 3 aromatic rings. The van der Waals surface area contributed by atoms with Crippen LogP contribution >= 0.6 is 39.1 Å². The second-order valence-corrected chi connectivity index (χ2v) is 7.38. The third-order valence-corrected chi connectivity index (χ3v) is 5.04. The van der Waals surface area contributed by atoms with Gasteiger partial charge in [0.25, 0.3) is 5.91 Å². The van der Waals surface area contributed by atoms with Crippen LogP contribution in [-0.4, -0.2) is 33.6 Å². The largest absolute Gasteiger partial charge is 0.590 e. The number of anilines is 1. The molecule has 8 nitrogen and oxygen atoms in total. The number of carbonyl (C=O) groups is 2. The van der Waals surface area contributed by atoms with E-state index < -0.39 is 11.8 Å². The molecule has 0 saturated carbocycles. The van der Waals surface area contributed by atoms with Crippen molar-refractivity contribution >= 4 is 56.6 Å². The number of aliphatic hydroxyl groups excluding tert-OH is 1. The van der Waals surface area contributed by atoms with Crippen LogP contribution in [0.2, 0.25) is 10.0 Å². The van der Waals surface area contributed by atoms with Crippen LogP contribution in [0, 0.1) is 6.92 Å². The molecular weight excluding hydrogens is 586 g/mol. The molecule has 0 bridgehead atoms. The summed E-state index contributed by atoms with van der Waals surface area (Å²) in [6, 6.07) is 9.66. The molecule has 2 amide bonds. The Hall–Kier alpha value is -1.33. The molecular formula is C19H17BrCl2N5O3Y-. The monoisotopic (exact) mass is 601 g/mol. The van der Waals surface area contributed by atoms with Gasteiger partial charge in [-0.15, -0.1) is 0 Å². The SMILES string of the molecule is CO.Cc1cc(Cl)cc(C(=O)[N-]N)c1NC(=O)c1ccc(Br)n1-c1ncccc1Cl.[Y]. The van der Waals surface area contributed by atoms with Crippen molar-refractivity contribution in [3.05, 3.63) is 79.5 Å². The van der Waals surface area contributed by atoms with E-state index in [9.17, 15) is 9.59 Å². The molecule has 0 atom stereocenters. The number of nitrogens with two attached hydrogens (primary N) is 1. The van der Waals surface area contributed by atoms with Gasteiger partial charge in [-0.05, 0) is 64.8 Å². The quantitative estimate of drug-likeness (QED) is 0.230. The summed E-state index contributed by atoms with van der Waals surface area (Å²) in [6.07, 6.45) is 1.57. The molecule has 1 radical (unpaired) electrons. The molecule has 0 aliphatic rings. The average molecular weight is 603 g/mol. The third kappa shape index (κ3) is 6.35. The number of hydrogen-bond acceptors (Lipinski definition) is 5. The fraction of sp³-hybridized carbons (Fsp3) is 0.105. The maximum Gasteiger partial charge on any atom is 0.272 e. The summed E-state index contributed by atoms with van der Waals surface area (Å²) < 4.78 is 2.14. The molecule has 0 unspecified atom stereocenters. The minimum Gasteiger partial charge on any atom is -0.590 e. The van der Waals surface area contributed by atoms with E-state index in [4.69, 9.17) is 34.2 Å². The molecule has 161 valence electrons. The zero-order chi connectivity index (χ0) is 22.4. The van der Waals surface area contributed by atoms with E-state index >= 15 is 0 Å². The van der Waals surface area contributed by atoms with Gasteiger partial charge >= 0.3 is 0 Å². The first-order chi connectivity index (χ1) is 14.3. The van der Waals surface area contributed by atoms with Gasteiger partial charge in [-0.1, -0.05) is 23.2 Å². The van der Waals surface area contributed by atoms with E-state index in [1.54, 1.807) is 48.0 Å². The van der Waals surface area contributed by atoms with E-state index in [1.807, 2.05) is 0 Å². The standard InChI is InChI=1S/C18H14BrCl2N5O2.CH4O.Y/c1-9-7-10(20)8-11(17(27)25-22)15(9)24-18(28)13-4-5-14(19)26(13)16-12(21)3-2-6-23-16;1-2;/h2-8H,22H2,1H3,(H2,24,25,27,28);2H,1H3;/p-1. The Morgan fingerprint density at radius 2 is 1.90 bits per heavy atom. The van der Waals surface area contributed by atoms with Gasteiger partial charge in [0.15, 0.2) is 5.82 Å². The van der Waals surface area contributed by atoms with Crippen molar-refractivity contribution in [2.45, 2.75) is 6.92 Å². The fourth-order valence-corrected chi connectivity index (χ4v) is 3.64. The van der Waals surface area contributed by atoms with Gasteiger partial charge in [0.1, 0.15) is 5.69 Å². The van der Waals surface area contributed by atoms with Gasteiger partial charge in [0, 0.05) is 56.6 Å². The summed E-state index contributed by atoms with van der Waals surface area (Å²) >= 11 is 15.6. The number of hydrogen-bond donors (Lipinski definition) is 3. The maximum absolute atomic E-state index is 13.0. The predicted octanol–water partition coefficient (Wildman–Crippen LogP) is 4.50. The summed E-state index contributed by atoms with van der Waals surface area (Å²) in [4.78, 5) is 29.3. The van der Waals surface area contributed by atoms with Crippen LogP contribution in [0.1, 0.15) is 26.4 Å². The molecule has 2 aromatic heterocycles. The van der Waals surface area contributed by atoms with Gasteiger partial charge in [0.05, 0.1) is 21.2 Å². The average Bonchev–Trinajstić information content (AvgIpc) is 3.12. The summed E-state index contributed by atoms with van der Waals surface area (Å²) in [5.74, 6) is 4.32. The van der Waals surface area contributed by atoms with Crippen molar-refractivity contribution in [2.24, 2.45) is 5.84 Å². The molecule has 31 heavy (non-hydrogen) atoms. The van der Waals surface area contributed by atoms with E-state index in [2.05, 4.69) is 31.7 Å². The Bertz CT molecular complexity index is 1090. The number of rotatable bonds is 4. The third-order valence-electron chi connectivity index (χ3n) is 3.90. The van der Waals surface area contributed by atoms with E-state index in [-0.39, 0.29) is 49.7 Å². The number of nitrogens with one attached hydrogen (secondary N) is 1. The van der Waals surface area contributed by atoms with Gasteiger partial charge in [0.2, 0.25) is 0 Å². The van der Waals surface area contributed by atoms with Crippen LogP contribution < -0.4 is 11.2 Å². The smallest absolute Gasteiger partial charge is 0.272 e. The number of benzene rings is 1. The number of amides is 2. The Morgan fingerprint density at radius 1 is 1.23 bits per heavy atom. The van der Waals surface area contributed by atoms with Crippen LogP contribution in [0.3, 0.4) is 0 Å². The maximum atomic E-state index is 13.0. The van der Waals surface area contributed by atoms with Crippen molar-refractivity contribution in [1.82, 2.24) is 9.55 Å². The molecule has 0 aliphatic carbocycles. The Morgan fingerprint density at radius 3 is 2.52 bits per heavy atom. The first-order valence-electron chi connectivity index (χ1n) is 8.33. The zero-order valence-electron chi connectivity index (χ0n) is 16.4. The topological polar surface area (TPSA) is 124 Å². The second-order valence-electron chi connectivity index (χ2n) is 5.72. The minimum absolute atomic E-state index is 0. The summed E-state index contributed by atoms with van der Waals surface area (Å²) in [5, 5.41) is 10.4. The summed E-state index contributed by atoms with van der Waals surface area (Å²) in [5.41, 5.74) is 4.37. The number of aromatic nitrogens is 2. The van der Waals surface area contributed by atoms with Crippen LogP contribution in [0.25, 0.3) is 11.2 Å². The van der Waals surface area contributed by atoms with Crippen LogP contribution in [-0.2, 0) is 32.7 Å². The first kappa shape index (κ1) is 27.7. The molecule has 4 N–H and O–H groups in total. The van der Waals surface area contributed by atoms with Crippen LogP contribution in [0.15, 0.2) is 47.2 Å². The van der Waals surface area contributed by atoms with Gasteiger partial charge in [-0.2, -0.15) is 0 Å². The Kier molecular flexibility index (Phi) is 11.3. The van der Waals surface area contributed by atoms with Crippen molar-refractivity contribution in [3.63, 3.8) is 0 Å². The number of halogens is 3. The second kappa shape index (κ2) is 12.6. The summed E-state index contributed by atoms with van der Waals surface area (Å²) in [7, 11) is 1.00. The van der Waals surface area contributed by atoms with E-state index in [1.165, 1.54) is 6.07 Å². The van der Waals surface area contributed by atoms with Crippen molar-refractivity contribution in [3.8, 4) is 5.82 Å². The molecule has 0 fully saturated rings. The molecule has 0 saturated heterocycles. The molecule has 3 rings (SSSR count). The number of aliphatic hydroxyl groups is 1. The van der Waals surface area contributed by atoms with E-state index in [0.29, 0.717) is 26.0 Å². The normalized spacial score (nSPS) is 9.77. The molecule has 2 heterocycles. The number of carbonyl (C=O) groups excluding carboxylic acids is 2. The van der Waals surface area contributed by atoms with Gasteiger partial charge in [-0.25, -0.2) is 4.98 Å². The van der Waals surface area contributed by atoms with Crippen molar-refractivity contribution in [2.75, 3.05) is 12.4 Å². The number of pyridine rings is 1. The molecule has 0 spiro atoms. The van der Waals surface area contributed by atoms with E-state index in [0.717, 1.165) is 7.11 Å². The summed E-state index contributed by atoms with van der Waals surface area (Å²) in [6.45, 7) is 1.71. The molecule has 0 aliphatic heterocycles. The fourth-order valence-electron chi connectivity index (χ4n) is 2.67. The first-order valence-corrected chi connectivity index (χ1v) is 9.88. The van der Waals surface area contributed by atoms with Crippen LogP contribution in [0.4, 0.5) is 5.69 Å². The van der Waals surface area contributed by atoms with Crippen molar-refractivity contribution in [1.29, 1.82) is 0 Å². The molecule has 12 heteroatoms. The minimum atomic E-state index is -0.703. The predicted molar refractivity (Wildman–Crippen MR) is 120 cm³/mol.